The predicted molar refractivity (Wildman–Crippen MR) is 52.2 cm³/mol. The molecule has 0 fully saturated rings. The predicted octanol–water partition coefficient (Wildman–Crippen LogP) is 2.99. The van der Waals surface area contributed by atoms with Crippen LogP contribution in [0.5, 0.6) is 0 Å². The van der Waals surface area contributed by atoms with Gasteiger partial charge >= 0.3 is 0 Å². The van der Waals surface area contributed by atoms with Gasteiger partial charge in [0.15, 0.2) is 0 Å². The van der Waals surface area contributed by atoms with Gasteiger partial charge < -0.3 is 0 Å². The van der Waals surface area contributed by atoms with Gasteiger partial charge in [0.25, 0.3) is 0 Å². The van der Waals surface area contributed by atoms with E-state index in [0.29, 0.717) is 0 Å². The lowest BCUT2D eigenvalue weighted by atomic mass is 10.0. The van der Waals surface area contributed by atoms with Crippen LogP contribution in [0.1, 0.15) is 27.2 Å². The summed E-state index contributed by atoms with van der Waals surface area (Å²) in [6.07, 6.45) is 3.03. The Bertz CT molecular complexity index is 197. The van der Waals surface area contributed by atoms with Crippen LogP contribution in [0.15, 0.2) is 28.8 Å². The molecule has 0 aromatic heterocycles. The van der Waals surface area contributed by atoms with Gasteiger partial charge in [0.2, 0.25) is 0 Å². The molecule has 0 aliphatic heterocycles. The van der Waals surface area contributed by atoms with Gasteiger partial charge in [-0.3, -0.25) is 4.99 Å². The van der Waals surface area contributed by atoms with Crippen LogP contribution < -0.4 is 0 Å². The van der Waals surface area contributed by atoms with Gasteiger partial charge in [-0.1, -0.05) is 19.6 Å². The fourth-order valence-corrected chi connectivity index (χ4v) is 0.917. The van der Waals surface area contributed by atoms with Gasteiger partial charge in [-0.2, -0.15) is 0 Å². The Morgan fingerprint density at radius 3 is 2.36 bits per heavy atom. The molecule has 0 atom stereocenters. The quantitative estimate of drug-likeness (QED) is 0.550. The van der Waals surface area contributed by atoms with Gasteiger partial charge in [0, 0.05) is 7.05 Å². The van der Waals surface area contributed by atoms with Crippen molar-refractivity contribution in [2.75, 3.05) is 7.05 Å². The first-order valence-electron chi connectivity index (χ1n) is 3.95. The highest BCUT2D eigenvalue weighted by atomic mass is 14.7. The molecule has 0 saturated carbocycles. The van der Waals surface area contributed by atoms with Crippen molar-refractivity contribution in [2.45, 2.75) is 27.2 Å². The van der Waals surface area contributed by atoms with Crippen molar-refractivity contribution in [3.8, 4) is 0 Å². The molecule has 62 valence electrons. The summed E-state index contributed by atoms with van der Waals surface area (Å²) in [7, 11) is 1.81. The minimum atomic E-state index is 0.970. The zero-order valence-electron chi connectivity index (χ0n) is 7.94. The summed E-state index contributed by atoms with van der Waals surface area (Å²) in [6.45, 7) is 10.1. The van der Waals surface area contributed by atoms with E-state index in [2.05, 4.69) is 31.5 Å². The maximum absolute atomic E-state index is 4.18. The van der Waals surface area contributed by atoms with Crippen LogP contribution in [-0.4, -0.2) is 12.8 Å². The zero-order valence-corrected chi connectivity index (χ0v) is 7.94. The number of hydrogen-bond acceptors (Lipinski definition) is 1. The Hall–Kier alpha value is -0.850. The molecule has 0 radical (unpaired) electrons. The zero-order chi connectivity index (χ0) is 8.85. The van der Waals surface area contributed by atoms with Crippen molar-refractivity contribution in [1.29, 1.82) is 0 Å². The third-order valence-corrected chi connectivity index (χ3v) is 1.79. The van der Waals surface area contributed by atoms with Crippen LogP contribution in [0.2, 0.25) is 0 Å². The maximum Gasteiger partial charge on any atom is 0.0622 e. The van der Waals surface area contributed by atoms with Crippen LogP contribution in [0.3, 0.4) is 0 Å². The Labute approximate surface area is 69.5 Å². The Kier molecular flexibility index (Phi) is 4.51. The van der Waals surface area contributed by atoms with Crippen molar-refractivity contribution < 1.29 is 0 Å². The molecule has 0 amide bonds. The summed E-state index contributed by atoms with van der Waals surface area (Å²) in [4.78, 5) is 4.18. The van der Waals surface area contributed by atoms with Crippen LogP contribution in [-0.2, 0) is 0 Å². The molecule has 1 nitrogen and oxygen atoms in total. The molecule has 0 spiro atoms. The number of aliphatic imine (C=N–C) groups is 1. The molecule has 0 aliphatic carbocycles. The van der Waals surface area contributed by atoms with Crippen molar-refractivity contribution in [3.63, 3.8) is 0 Å². The summed E-state index contributed by atoms with van der Waals surface area (Å²) in [6, 6.07) is 0. The number of hydrogen-bond donors (Lipinski definition) is 0. The first-order valence-corrected chi connectivity index (χ1v) is 3.95. The van der Waals surface area contributed by atoms with E-state index in [1.165, 1.54) is 5.57 Å². The standard InChI is InChI=1S/C10H17N/c1-6-8(3)10(11-5)9(4)7-2/h7H,3,6H2,1-2,4-5H3. The van der Waals surface area contributed by atoms with E-state index in [4.69, 9.17) is 0 Å². The molecule has 0 aliphatic rings. The fraction of sp³-hybridized carbons (Fsp3) is 0.500. The highest BCUT2D eigenvalue weighted by Crippen LogP contribution is 2.08. The van der Waals surface area contributed by atoms with Crippen molar-refractivity contribution >= 4 is 5.71 Å². The van der Waals surface area contributed by atoms with Crippen LogP contribution in [0.25, 0.3) is 0 Å². The van der Waals surface area contributed by atoms with E-state index in [-0.39, 0.29) is 0 Å². The van der Waals surface area contributed by atoms with Crippen molar-refractivity contribution in [1.82, 2.24) is 0 Å². The number of allylic oxidation sites excluding steroid dienone is 3. The molecule has 1 heteroatoms. The van der Waals surface area contributed by atoms with Gasteiger partial charge in [0.1, 0.15) is 0 Å². The Morgan fingerprint density at radius 1 is 1.55 bits per heavy atom. The van der Waals surface area contributed by atoms with Gasteiger partial charge in [0.05, 0.1) is 5.71 Å². The average Bonchev–Trinajstić information content (AvgIpc) is 2.05. The lowest BCUT2D eigenvalue weighted by Crippen LogP contribution is -2.02. The smallest absolute Gasteiger partial charge is 0.0622 e. The molecule has 0 N–H and O–H groups in total. The van der Waals surface area contributed by atoms with E-state index in [1.54, 1.807) is 0 Å². The second kappa shape index (κ2) is 4.89. The van der Waals surface area contributed by atoms with E-state index in [9.17, 15) is 0 Å². The lowest BCUT2D eigenvalue weighted by Gasteiger charge is -2.06. The molecule has 0 aromatic carbocycles. The van der Waals surface area contributed by atoms with Crippen LogP contribution >= 0.6 is 0 Å². The lowest BCUT2D eigenvalue weighted by molar-refractivity contribution is 1.17. The SMILES string of the molecule is C=C(CC)C(=NC)C(C)=CC. The van der Waals surface area contributed by atoms with E-state index >= 15 is 0 Å². The summed E-state index contributed by atoms with van der Waals surface area (Å²) in [5, 5.41) is 0. The normalized spacial score (nSPS) is 13.5. The minimum Gasteiger partial charge on any atom is -0.288 e. The third kappa shape index (κ3) is 2.71. The molecular weight excluding hydrogens is 134 g/mol. The van der Waals surface area contributed by atoms with E-state index in [0.717, 1.165) is 17.7 Å². The number of rotatable bonds is 3. The van der Waals surface area contributed by atoms with Gasteiger partial charge in [-0.15, -0.1) is 0 Å². The highest BCUT2D eigenvalue weighted by molar-refractivity contribution is 6.11. The second-order valence-electron chi connectivity index (χ2n) is 2.50. The molecular formula is C10H17N. The van der Waals surface area contributed by atoms with Crippen LogP contribution in [0, 0.1) is 0 Å². The van der Waals surface area contributed by atoms with Gasteiger partial charge in [-0.05, 0) is 31.4 Å². The summed E-state index contributed by atoms with van der Waals surface area (Å²) in [5.74, 6) is 0. The van der Waals surface area contributed by atoms with Crippen LogP contribution in [0.4, 0.5) is 0 Å². The molecule has 0 bridgehead atoms. The third-order valence-electron chi connectivity index (χ3n) is 1.79. The molecule has 0 saturated heterocycles. The largest absolute Gasteiger partial charge is 0.288 e. The average molecular weight is 151 g/mol. The monoisotopic (exact) mass is 151 g/mol. The Morgan fingerprint density at radius 2 is 2.09 bits per heavy atom. The van der Waals surface area contributed by atoms with E-state index < -0.39 is 0 Å². The van der Waals surface area contributed by atoms with Gasteiger partial charge in [-0.25, -0.2) is 0 Å². The first-order chi connectivity index (χ1) is 5.17. The number of nitrogens with zero attached hydrogens (tertiary/aromatic N) is 1. The molecule has 11 heavy (non-hydrogen) atoms. The highest BCUT2D eigenvalue weighted by Gasteiger charge is 2.02. The molecule has 0 aromatic rings. The van der Waals surface area contributed by atoms with Crippen molar-refractivity contribution in [3.05, 3.63) is 23.8 Å². The molecule has 0 unspecified atom stereocenters. The molecule has 0 heterocycles. The van der Waals surface area contributed by atoms with E-state index in [1.807, 2.05) is 14.0 Å². The molecule has 0 rings (SSSR count). The topological polar surface area (TPSA) is 12.4 Å². The second-order valence-corrected chi connectivity index (χ2v) is 2.50. The minimum absolute atomic E-state index is 0.970. The first kappa shape index (κ1) is 10.2. The maximum atomic E-state index is 4.18. The fourth-order valence-electron chi connectivity index (χ4n) is 0.917. The summed E-state index contributed by atoms with van der Waals surface area (Å²) < 4.78 is 0. The summed E-state index contributed by atoms with van der Waals surface area (Å²) >= 11 is 0. The Balaban J connectivity index is 4.57. The van der Waals surface area contributed by atoms with Crippen molar-refractivity contribution in [2.24, 2.45) is 4.99 Å². The summed E-state index contributed by atoms with van der Waals surface area (Å²) in [5.41, 5.74) is 3.37.